The Morgan fingerprint density at radius 2 is 1.18 bits per heavy atom. The average molecular weight is 579 g/mol. The standard InChI is InChI=1S/C2H5Br6NSi2/c1-2-9(10(3,4)5)11(6,7)8/h2H2,1H3. The fraction of sp³-hybridized carbons (Fsp3) is 1.00. The minimum Gasteiger partial charge on any atom is -0.294 e. The van der Waals surface area contributed by atoms with Crippen molar-refractivity contribution in [3.8, 4) is 0 Å². The Kier molecular flexibility index (Phi) is 6.98. The highest BCUT2D eigenvalue weighted by atomic mass is 80.0. The molecule has 0 aromatic carbocycles. The van der Waals surface area contributed by atoms with Crippen LogP contribution in [0.3, 0.4) is 0 Å². The van der Waals surface area contributed by atoms with E-state index in [9.17, 15) is 0 Å². The van der Waals surface area contributed by atoms with Gasteiger partial charge in [0, 0.05) is 0 Å². The van der Waals surface area contributed by atoms with Crippen molar-refractivity contribution in [2.45, 2.75) is 6.92 Å². The highest BCUT2D eigenvalue weighted by Gasteiger charge is 2.44. The lowest BCUT2D eigenvalue weighted by Gasteiger charge is -2.33. The molecule has 68 valence electrons. The van der Waals surface area contributed by atoms with Crippen LogP contribution in [0.4, 0.5) is 0 Å². The molecule has 0 saturated carbocycles. The van der Waals surface area contributed by atoms with Crippen LogP contribution in [0.25, 0.3) is 0 Å². The molecule has 0 unspecified atom stereocenters. The Bertz CT molecular complexity index is 114. The van der Waals surface area contributed by atoms with E-state index in [2.05, 4.69) is 103 Å². The summed E-state index contributed by atoms with van der Waals surface area (Å²) < 4.78 is -1.18. The van der Waals surface area contributed by atoms with Crippen molar-refractivity contribution in [3.05, 3.63) is 0 Å². The molecule has 0 radical (unpaired) electrons. The van der Waals surface area contributed by atoms with Gasteiger partial charge in [-0.2, -0.15) is 0 Å². The summed E-state index contributed by atoms with van der Waals surface area (Å²) >= 11 is 21.5. The predicted molar refractivity (Wildman–Crippen MR) is 77.5 cm³/mol. The molecular weight excluding hydrogens is 574 g/mol. The predicted octanol–water partition coefficient (Wildman–Crippen LogP) is 4.55. The molecule has 0 aromatic rings. The van der Waals surface area contributed by atoms with Crippen molar-refractivity contribution in [2.24, 2.45) is 0 Å². The molecule has 0 fully saturated rings. The smallest absolute Gasteiger partial charge is 0.294 e. The molecule has 0 heterocycles. The zero-order valence-corrected chi connectivity index (χ0v) is 16.9. The summed E-state index contributed by atoms with van der Waals surface area (Å²) in [5.74, 6) is 0. The Morgan fingerprint density at radius 3 is 1.18 bits per heavy atom. The van der Waals surface area contributed by atoms with Gasteiger partial charge >= 0.3 is 8.19 Å². The fourth-order valence-electron chi connectivity index (χ4n) is 0.502. The van der Waals surface area contributed by atoms with Crippen molar-refractivity contribution in [1.29, 1.82) is 0 Å². The minimum atomic E-state index is -1.73. The molecule has 0 atom stereocenters. The summed E-state index contributed by atoms with van der Waals surface area (Å²) in [6.07, 6.45) is 0. The maximum atomic E-state index is 3.58. The highest BCUT2D eigenvalue weighted by molar-refractivity contribution is 9.74. The molecule has 0 spiro atoms. The first-order chi connectivity index (χ1) is 4.69. The number of rotatable bonds is 3. The first-order valence-corrected chi connectivity index (χ1v) is 20.0. The van der Waals surface area contributed by atoms with Crippen LogP contribution in [-0.4, -0.2) is 19.0 Å². The van der Waals surface area contributed by atoms with Gasteiger partial charge in [-0.15, -0.1) is 0 Å². The maximum absolute atomic E-state index is 3.58. The van der Waals surface area contributed by atoms with Gasteiger partial charge in [-0.3, -0.25) is 4.23 Å². The van der Waals surface area contributed by atoms with Gasteiger partial charge in [0.1, 0.15) is 0 Å². The van der Waals surface area contributed by atoms with Gasteiger partial charge in [-0.05, 0) is 6.54 Å². The monoisotopic (exact) mass is 573 g/mol. The number of hydrogen-bond donors (Lipinski definition) is 0. The molecule has 0 amide bonds. The molecule has 0 aliphatic rings. The summed E-state index contributed by atoms with van der Waals surface area (Å²) in [7, 11) is 0. The van der Waals surface area contributed by atoms with Gasteiger partial charge in [-0.1, -0.05) is 98.7 Å². The van der Waals surface area contributed by atoms with Crippen molar-refractivity contribution >= 4 is 99.9 Å². The molecular formula is C2H5Br6NSi2. The van der Waals surface area contributed by atoms with Crippen molar-refractivity contribution < 1.29 is 0 Å². The largest absolute Gasteiger partial charge is 0.340 e. The summed E-state index contributed by atoms with van der Waals surface area (Å²) in [4.78, 5) is 0. The van der Waals surface area contributed by atoms with E-state index in [0.29, 0.717) is 0 Å². The van der Waals surface area contributed by atoms with Crippen molar-refractivity contribution in [3.63, 3.8) is 0 Å². The average Bonchev–Trinajstić information content (AvgIpc) is 1.56. The van der Waals surface area contributed by atoms with E-state index in [1.165, 1.54) is 0 Å². The zero-order valence-electron chi connectivity index (χ0n) is 5.42. The Balaban J connectivity index is 4.43. The third-order valence-corrected chi connectivity index (χ3v) is 18.4. The summed E-state index contributed by atoms with van der Waals surface area (Å²) in [6, 6.07) is 0. The van der Waals surface area contributed by atoms with E-state index in [1.54, 1.807) is 0 Å². The van der Waals surface area contributed by atoms with Crippen LogP contribution in [0.2, 0.25) is 0 Å². The zero-order chi connectivity index (χ0) is 9.28. The lowest BCUT2D eigenvalue weighted by atomic mass is 10.8. The normalized spacial score (nSPS) is 14.2. The molecule has 0 aromatic heterocycles. The van der Waals surface area contributed by atoms with Crippen LogP contribution in [0.15, 0.2) is 0 Å². The van der Waals surface area contributed by atoms with Gasteiger partial charge in [0.15, 0.2) is 0 Å². The second-order valence-corrected chi connectivity index (χ2v) is 44.9. The summed E-state index contributed by atoms with van der Waals surface area (Å²) in [5, 5.41) is 0. The number of nitrogens with zero attached hydrogens (tertiary/aromatic N) is 1. The summed E-state index contributed by atoms with van der Waals surface area (Å²) in [5.41, 5.74) is 0. The van der Waals surface area contributed by atoms with Gasteiger partial charge in [0.2, 0.25) is 0 Å². The molecule has 9 heteroatoms. The summed E-state index contributed by atoms with van der Waals surface area (Å²) in [6.45, 7) is 3.07. The molecule has 11 heavy (non-hydrogen) atoms. The number of halogens is 6. The molecule has 0 saturated heterocycles. The van der Waals surface area contributed by atoms with Gasteiger partial charge in [-0.25, -0.2) is 0 Å². The molecule has 0 rings (SSSR count). The highest BCUT2D eigenvalue weighted by Crippen LogP contribution is 2.42. The Hall–Kier alpha value is 3.27. The lowest BCUT2D eigenvalue weighted by Crippen LogP contribution is -2.49. The van der Waals surface area contributed by atoms with Crippen molar-refractivity contribution in [1.82, 2.24) is 4.23 Å². The molecule has 1 nitrogen and oxygen atoms in total. The third-order valence-electron chi connectivity index (χ3n) is 0.928. The number of hydrogen-bond acceptors (Lipinski definition) is 1. The van der Waals surface area contributed by atoms with Crippen molar-refractivity contribution in [2.75, 3.05) is 6.54 Å². The van der Waals surface area contributed by atoms with Crippen LogP contribution >= 0.6 is 91.8 Å². The quantitative estimate of drug-likeness (QED) is 0.351. The second kappa shape index (κ2) is 5.38. The Labute approximate surface area is 116 Å². The van der Waals surface area contributed by atoms with E-state index in [4.69, 9.17) is 0 Å². The molecule has 0 aliphatic heterocycles. The van der Waals surface area contributed by atoms with E-state index in [0.717, 1.165) is 6.54 Å². The van der Waals surface area contributed by atoms with Crippen LogP contribution in [0.5, 0.6) is 0 Å². The SMILES string of the molecule is CCN([Si](Br)(Br)Br)[Si](Br)(Br)Br. The van der Waals surface area contributed by atoms with E-state index in [1.807, 2.05) is 0 Å². The molecule has 0 bridgehead atoms. The second-order valence-electron chi connectivity index (χ2n) is 1.68. The maximum Gasteiger partial charge on any atom is 0.340 e. The molecule has 0 aliphatic carbocycles. The Morgan fingerprint density at radius 1 is 0.909 bits per heavy atom. The van der Waals surface area contributed by atoms with Gasteiger partial charge in [0.05, 0.1) is 0 Å². The van der Waals surface area contributed by atoms with Gasteiger partial charge in [0.25, 0.3) is 0 Å². The fourth-order valence-corrected chi connectivity index (χ4v) is 40.5. The first kappa shape index (κ1) is 14.3. The minimum absolute atomic E-state index is 0.960. The van der Waals surface area contributed by atoms with Crippen LogP contribution in [-0.2, 0) is 0 Å². The topological polar surface area (TPSA) is 3.24 Å². The van der Waals surface area contributed by atoms with E-state index < -0.39 is 8.19 Å². The molecule has 0 N–H and O–H groups in total. The van der Waals surface area contributed by atoms with E-state index in [-0.39, 0.29) is 0 Å². The lowest BCUT2D eigenvalue weighted by molar-refractivity contribution is 0.727. The van der Waals surface area contributed by atoms with E-state index >= 15 is 0 Å². The van der Waals surface area contributed by atoms with Gasteiger partial charge < -0.3 is 0 Å². The van der Waals surface area contributed by atoms with Crippen LogP contribution < -0.4 is 0 Å². The van der Waals surface area contributed by atoms with Crippen LogP contribution in [0, 0.1) is 0 Å². The third kappa shape index (κ3) is 5.65. The van der Waals surface area contributed by atoms with Crippen LogP contribution in [0.1, 0.15) is 6.92 Å². The first-order valence-electron chi connectivity index (χ1n) is 2.60.